The summed E-state index contributed by atoms with van der Waals surface area (Å²) in [4.78, 5) is 31.4. The molecule has 0 saturated carbocycles. The van der Waals surface area contributed by atoms with Gasteiger partial charge in [0, 0.05) is 18.2 Å². The molecule has 7 nitrogen and oxygen atoms in total. The molecule has 1 amide bonds. The van der Waals surface area contributed by atoms with E-state index < -0.39 is 4.92 Å². The molecular weight excluding hydrogens is 416 g/mol. The number of anilines is 1. The average Bonchev–Trinajstić information content (AvgIpc) is 3.29. The van der Waals surface area contributed by atoms with Crippen LogP contribution in [0.4, 0.5) is 10.8 Å². The highest BCUT2D eigenvalue weighted by Gasteiger charge is 2.12. The summed E-state index contributed by atoms with van der Waals surface area (Å²) in [6.45, 7) is 0. The van der Waals surface area contributed by atoms with Crippen molar-refractivity contribution in [2.45, 2.75) is 4.34 Å². The van der Waals surface area contributed by atoms with Gasteiger partial charge in [0.05, 0.1) is 25.4 Å². The molecule has 0 saturated heterocycles. The van der Waals surface area contributed by atoms with Crippen LogP contribution in [-0.4, -0.2) is 27.1 Å². The number of hydrogen-bond acceptors (Lipinski definition) is 8. The van der Waals surface area contributed by atoms with Crippen molar-refractivity contribution in [1.82, 2.24) is 9.97 Å². The SMILES string of the molecule is CSc1nc2ccc3nc(NC(=O)C=Cc4ccc([N+](=O)[O-])cc4)sc3c2s1. The number of nitro groups is 1. The van der Waals surface area contributed by atoms with Gasteiger partial charge in [0.25, 0.3) is 5.69 Å². The number of benzene rings is 2. The van der Waals surface area contributed by atoms with E-state index in [0.29, 0.717) is 10.7 Å². The van der Waals surface area contributed by atoms with Crippen LogP contribution in [0.15, 0.2) is 46.8 Å². The van der Waals surface area contributed by atoms with Gasteiger partial charge in [-0.15, -0.1) is 11.3 Å². The van der Waals surface area contributed by atoms with E-state index in [1.165, 1.54) is 29.5 Å². The van der Waals surface area contributed by atoms with E-state index in [0.717, 1.165) is 24.8 Å². The lowest BCUT2D eigenvalue weighted by molar-refractivity contribution is -0.384. The second kappa shape index (κ2) is 7.66. The molecule has 1 N–H and O–H groups in total. The summed E-state index contributed by atoms with van der Waals surface area (Å²) >= 11 is 4.64. The number of amides is 1. The highest BCUT2D eigenvalue weighted by molar-refractivity contribution is 8.00. The number of hydrogen-bond donors (Lipinski definition) is 1. The van der Waals surface area contributed by atoms with Gasteiger partial charge in [0.2, 0.25) is 5.91 Å². The summed E-state index contributed by atoms with van der Waals surface area (Å²) in [6, 6.07) is 9.81. The van der Waals surface area contributed by atoms with E-state index in [1.54, 1.807) is 41.3 Å². The van der Waals surface area contributed by atoms with Crippen molar-refractivity contribution in [2.24, 2.45) is 0 Å². The lowest BCUT2D eigenvalue weighted by Gasteiger charge is -1.96. The van der Waals surface area contributed by atoms with E-state index in [-0.39, 0.29) is 11.6 Å². The molecule has 2 heterocycles. The van der Waals surface area contributed by atoms with Gasteiger partial charge in [-0.05, 0) is 42.2 Å². The summed E-state index contributed by atoms with van der Waals surface area (Å²) in [5, 5.41) is 14.0. The van der Waals surface area contributed by atoms with Crippen LogP contribution in [0.5, 0.6) is 0 Å². The largest absolute Gasteiger partial charge is 0.298 e. The minimum atomic E-state index is -0.463. The number of nitrogens with zero attached hydrogens (tertiary/aromatic N) is 3. The van der Waals surface area contributed by atoms with Crippen LogP contribution >= 0.6 is 34.4 Å². The maximum Gasteiger partial charge on any atom is 0.269 e. The molecule has 0 bridgehead atoms. The van der Waals surface area contributed by atoms with Crippen molar-refractivity contribution < 1.29 is 9.72 Å². The Balaban J connectivity index is 1.52. The maximum atomic E-state index is 12.2. The van der Waals surface area contributed by atoms with Crippen LogP contribution in [0.2, 0.25) is 0 Å². The first-order chi connectivity index (χ1) is 13.5. The Hall–Kier alpha value is -2.82. The monoisotopic (exact) mass is 428 g/mol. The Kier molecular flexibility index (Phi) is 5.07. The first-order valence-electron chi connectivity index (χ1n) is 8.01. The molecule has 140 valence electrons. The van der Waals surface area contributed by atoms with Gasteiger partial charge in [-0.25, -0.2) is 9.97 Å². The third-order valence-electron chi connectivity index (χ3n) is 3.83. The second-order valence-corrected chi connectivity index (χ2v) is 8.69. The molecular formula is C18H12N4O3S3. The van der Waals surface area contributed by atoms with Crippen LogP contribution in [0.3, 0.4) is 0 Å². The van der Waals surface area contributed by atoms with Crippen molar-refractivity contribution >= 4 is 77.7 Å². The van der Waals surface area contributed by atoms with Crippen LogP contribution in [0.1, 0.15) is 5.56 Å². The number of carbonyl (C=O) groups is 1. The predicted octanol–water partition coefficient (Wildman–Crippen LogP) is 5.19. The van der Waals surface area contributed by atoms with Crippen LogP contribution < -0.4 is 5.32 Å². The number of nitrogens with one attached hydrogen (secondary N) is 1. The Labute approximate surface area is 171 Å². The summed E-state index contributed by atoms with van der Waals surface area (Å²) in [7, 11) is 0. The van der Waals surface area contributed by atoms with E-state index in [2.05, 4.69) is 15.3 Å². The molecule has 4 aromatic rings. The highest BCUT2D eigenvalue weighted by Crippen LogP contribution is 2.37. The number of fused-ring (bicyclic) bond motifs is 3. The van der Waals surface area contributed by atoms with Gasteiger partial charge in [0.15, 0.2) is 9.47 Å². The summed E-state index contributed by atoms with van der Waals surface area (Å²) < 4.78 is 3.07. The van der Waals surface area contributed by atoms with E-state index >= 15 is 0 Å². The molecule has 28 heavy (non-hydrogen) atoms. The Morgan fingerprint density at radius 2 is 1.79 bits per heavy atom. The van der Waals surface area contributed by atoms with Crippen molar-refractivity contribution in [1.29, 1.82) is 0 Å². The quantitative estimate of drug-likeness (QED) is 0.203. The predicted molar refractivity (Wildman–Crippen MR) is 115 cm³/mol. The van der Waals surface area contributed by atoms with Crippen molar-refractivity contribution in [3.8, 4) is 0 Å². The van der Waals surface area contributed by atoms with Crippen molar-refractivity contribution in [3.05, 3.63) is 58.2 Å². The van der Waals surface area contributed by atoms with Gasteiger partial charge in [-0.3, -0.25) is 20.2 Å². The Morgan fingerprint density at radius 3 is 2.46 bits per heavy atom. The van der Waals surface area contributed by atoms with Crippen LogP contribution in [0, 0.1) is 10.1 Å². The molecule has 0 fully saturated rings. The molecule has 0 unspecified atom stereocenters. The number of nitro benzene ring substituents is 1. The molecule has 0 spiro atoms. The summed E-state index contributed by atoms with van der Waals surface area (Å²) in [5.41, 5.74) is 2.46. The number of rotatable bonds is 5. The van der Waals surface area contributed by atoms with Crippen molar-refractivity contribution in [3.63, 3.8) is 0 Å². The Morgan fingerprint density at radius 1 is 1.11 bits per heavy atom. The summed E-state index contributed by atoms with van der Waals surface area (Å²) in [6.07, 6.45) is 4.96. The third kappa shape index (κ3) is 3.75. The van der Waals surface area contributed by atoms with E-state index in [9.17, 15) is 14.9 Å². The molecule has 0 aliphatic heterocycles. The van der Waals surface area contributed by atoms with E-state index in [1.807, 2.05) is 18.4 Å². The van der Waals surface area contributed by atoms with Gasteiger partial charge < -0.3 is 0 Å². The number of thiazole rings is 2. The summed E-state index contributed by atoms with van der Waals surface area (Å²) in [5.74, 6) is -0.317. The average molecular weight is 429 g/mol. The van der Waals surface area contributed by atoms with Gasteiger partial charge in [-0.2, -0.15) is 0 Å². The lowest BCUT2D eigenvalue weighted by Crippen LogP contribution is -2.07. The zero-order chi connectivity index (χ0) is 19.7. The number of aromatic nitrogens is 2. The topological polar surface area (TPSA) is 98.0 Å². The standard InChI is InChI=1S/C18H12N4O3S3/c1-26-18-20-13-8-7-12-15(16(13)28-18)27-17(19-12)21-14(23)9-4-10-2-5-11(6-3-10)22(24)25/h2-9H,1H3,(H,19,21,23). The van der Waals surface area contributed by atoms with Crippen LogP contribution in [-0.2, 0) is 4.79 Å². The molecule has 2 aromatic heterocycles. The zero-order valence-corrected chi connectivity index (χ0v) is 16.9. The third-order valence-corrected chi connectivity index (χ3v) is 7.04. The fraction of sp³-hybridized carbons (Fsp3) is 0.0556. The van der Waals surface area contributed by atoms with Gasteiger partial charge in [-0.1, -0.05) is 23.1 Å². The number of non-ortho nitro benzene ring substituents is 1. The minimum absolute atomic E-state index is 0.00934. The smallest absolute Gasteiger partial charge is 0.269 e. The lowest BCUT2D eigenvalue weighted by atomic mass is 10.2. The number of thioether (sulfide) groups is 1. The highest BCUT2D eigenvalue weighted by atomic mass is 32.2. The first kappa shape index (κ1) is 18.5. The zero-order valence-electron chi connectivity index (χ0n) is 14.4. The normalized spacial score (nSPS) is 11.5. The Bertz CT molecular complexity index is 1230. The van der Waals surface area contributed by atoms with Crippen molar-refractivity contribution in [2.75, 3.05) is 11.6 Å². The molecule has 0 aliphatic carbocycles. The fourth-order valence-electron chi connectivity index (χ4n) is 2.52. The molecule has 4 rings (SSSR count). The number of carbonyl (C=O) groups excluding carboxylic acids is 1. The van der Waals surface area contributed by atoms with Crippen LogP contribution in [0.25, 0.3) is 26.5 Å². The molecule has 10 heteroatoms. The second-order valence-electron chi connectivity index (χ2n) is 5.64. The molecule has 2 aromatic carbocycles. The first-order valence-corrected chi connectivity index (χ1v) is 10.9. The molecule has 0 atom stereocenters. The molecule has 0 radical (unpaired) electrons. The van der Waals surface area contributed by atoms with Gasteiger partial charge >= 0.3 is 0 Å². The minimum Gasteiger partial charge on any atom is -0.298 e. The fourth-order valence-corrected chi connectivity index (χ4v) is 5.18. The van der Waals surface area contributed by atoms with E-state index in [4.69, 9.17) is 0 Å². The maximum absolute atomic E-state index is 12.2. The molecule has 0 aliphatic rings. The van der Waals surface area contributed by atoms with Gasteiger partial charge in [0.1, 0.15) is 0 Å².